The third-order valence-electron chi connectivity index (χ3n) is 2.34. The Balaban J connectivity index is 2.39. The first-order valence-electron chi connectivity index (χ1n) is 6.97. The quantitative estimate of drug-likeness (QED) is 0.751. The first-order valence-corrected chi connectivity index (χ1v) is 6.97. The van der Waals surface area contributed by atoms with Gasteiger partial charge in [-0.05, 0) is 52.0 Å². The van der Waals surface area contributed by atoms with Crippen LogP contribution in [0.3, 0.4) is 0 Å². The molecule has 0 aromatic heterocycles. The lowest BCUT2D eigenvalue weighted by atomic mass is 10.3. The van der Waals surface area contributed by atoms with Crippen LogP contribution >= 0.6 is 0 Å². The monoisotopic (exact) mass is 293 g/mol. The third-order valence-corrected chi connectivity index (χ3v) is 2.34. The highest BCUT2D eigenvalue weighted by molar-refractivity contribution is 5.94. The fourth-order valence-electron chi connectivity index (χ4n) is 1.57. The maximum atomic E-state index is 11.7. The lowest BCUT2D eigenvalue weighted by molar-refractivity contribution is -0.115. The number of carbonyl (C=O) groups excluding carboxylic acids is 2. The Morgan fingerprint density at radius 2 is 1.71 bits per heavy atom. The minimum Gasteiger partial charge on any atom is -0.491 e. The molecular formula is C15H23N3O3. The molecule has 0 spiro atoms. The predicted molar refractivity (Wildman–Crippen MR) is 82.5 cm³/mol. The summed E-state index contributed by atoms with van der Waals surface area (Å²) in [5.41, 5.74) is 0.655. The zero-order valence-corrected chi connectivity index (χ0v) is 12.9. The van der Waals surface area contributed by atoms with Crippen LogP contribution in [0.25, 0.3) is 0 Å². The molecule has 116 valence electrons. The summed E-state index contributed by atoms with van der Waals surface area (Å²) in [6.07, 6.45) is 0.106. The maximum Gasteiger partial charge on any atom is 0.315 e. The number of ether oxygens (including phenoxy) is 1. The van der Waals surface area contributed by atoms with Crippen molar-refractivity contribution in [2.45, 2.75) is 39.8 Å². The largest absolute Gasteiger partial charge is 0.491 e. The Labute approximate surface area is 125 Å². The van der Waals surface area contributed by atoms with Gasteiger partial charge in [0.25, 0.3) is 0 Å². The highest BCUT2D eigenvalue weighted by atomic mass is 16.5. The summed E-state index contributed by atoms with van der Waals surface area (Å²) >= 11 is 0. The van der Waals surface area contributed by atoms with Crippen LogP contribution in [0.4, 0.5) is 10.5 Å². The second-order valence-electron chi connectivity index (χ2n) is 5.22. The highest BCUT2D eigenvalue weighted by Crippen LogP contribution is 2.16. The molecule has 0 atom stereocenters. The average molecular weight is 293 g/mol. The van der Waals surface area contributed by atoms with E-state index in [4.69, 9.17) is 4.74 Å². The van der Waals surface area contributed by atoms with E-state index in [1.165, 1.54) is 0 Å². The Hall–Kier alpha value is -2.24. The molecule has 0 fully saturated rings. The van der Waals surface area contributed by atoms with Gasteiger partial charge in [0.05, 0.1) is 12.6 Å². The van der Waals surface area contributed by atoms with Crippen LogP contribution in [0.2, 0.25) is 0 Å². The molecule has 0 saturated heterocycles. The summed E-state index contributed by atoms with van der Waals surface area (Å²) in [6, 6.07) is 6.75. The smallest absolute Gasteiger partial charge is 0.315 e. The van der Waals surface area contributed by atoms with Crippen LogP contribution < -0.4 is 20.7 Å². The van der Waals surface area contributed by atoms with Gasteiger partial charge in [0.1, 0.15) is 5.75 Å². The van der Waals surface area contributed by atoms with Gasteiger partial charge in [0.2, 0.25) is 5.91 Å². The number of rotatable bonds is 6. The van der Waals surface area contributed by atoms with Gasteiger partial charge in [-0.1, -0.05) is 0 Å². The zero-order chi connectivity index (χ0) is 15.8. The summed E-state index contributed by atoms with van der Waals surface area (Å²) in [7, 11) is 0. The second-order valence-corrected chi connectivity index (χ2v) is 5.22. The lowest BCUT2D eigenvalue weighted by Gasteiger charge is -2.11. The number of benzene rings is 1. The minimum absolute atomic E-state index is 0.0292. The van der Waals surface area contributed by atoms with E-state index in [2.05, 4.69) is 16.0 Å². The molecule has 6 nitrogen and oxygen atoms in total. The van der Waals surface area contributed by atoms with Crippen LogP contribution in [0.1, 0.15) is 27.7 Å². The van der Waals surface area contributed by atoms with E-state index >= 15 is 0 Å². The Morgan fingerprint density at radius 1 is 1.10 bits per heavy atom. The molecule has 0 aliphatic heterocycles. The topological polar surface area (TPSA) is 79.5 Å². The van der Waals surface area contributed by atoms with Gasteiger partial charge >= 0.3 is 6.03 Å². The number of nitrogens with one attached hydrogen (secondary N) is 3. The van der Waals surface area contributed by atoms with Crippen LogP contribution in [-0.4, -0.2) is 30.6 Å². The van der Waals surface area contributed by atoms with Crippen molar-refractivity contribution >= 4 is 17.6 Å². The highest BCUT2D eigenvalue weighted by Gasteiger charge is 2.06. The SMILES string of the molecule is CC(C)NC(=O)NCC(=O)Nc1ccc(OC(C)C)cc1. The third kappa shape index (κ3) is 7.20. The van der Waals surface area contributed by atoms with Crippen molar-refractivity contribution in [3.8, 4) is 5.75 Å². The summed E-state index contributed by atoms with van der Waals surface area (Å²) in [4.78, 5) is 23.0. The van der Waals surface area contributed by atoms with Gasteiger partial charge in [-0.3, -0.25) is 4.79 Å². The van der Waals surface area contributed by atoms with E-state index in [-0.39, 0.29) is 30.6 Å². The molecule has 3 amide bonds. The molecule has 0 heterocycles. The van der Waals surface area contributed by atoms with Gasteiger partial charge < -0.3 is 20.7 Å². The number of hydrogen-bond donors (Lipinski definition) is 3. The zero-order valence-electron chi connectivity index (χ0n) is 12.9. The molecule has 0 bridgehead atoms. The van der Waals surface area contributed by atoms with E-state index < -0.39 is 0 Å². The van der Waals surface area contributed by atoms with Gasteiger partial charge in [-0.25, -0.2) is 4.79 Å². The average Bonchev–Trinajstić information content (AvgIpc) is 2.37. The Morgan fingerprint density at radius 3 is 2.24 bits per heavy atom. The van der Waals surface area contributed by atoms with E-state index in [1.54, 1.807) is 24.3 Å². The van der Waals surface area contributed by atoms with Crippen molar-refractivity contribution < 1.29 is 14.3 Å². The number of anilines is 1. The summed E-state index contributed by atoms with van der Waals surface area (Å²) in [5.74, 6) is 0.462. The molecule has 1 aromatic carbocycles. The molecule has 0 aliphatic rings. The van der Waals surface area contributed by atoms with Crippen LogP contribution in [-0.2, 0) is 4.79 Å². The van der Waals surface area contributed by atoms with E-state index in [1.807, 2.05) is 27.7 Å². The van der Waals surface area contributed by atoms with Crippen molar-refractivity contribution in [1.29, 1.82) is 0 Å². The summed E-state index contributed by atoms with van der Waals surface area (Å²) in [6.45, 7) is 7.51. The van der Waals surface area contributed by atoms with Crippen LogP contribution in [0.5, 0.6) is 5.75 Å². The molecule has 1 aromatic rings. The Bertz CT molecular complexity index is 470. The molecule has 21 heavy (non-hydrogen) atoms. The predicted octanol–water partition coefficient (Wildman–Crippen LogP) is 2.12. The second kappa shape index (κ2) is 8.14. The number of urea groups is 1. The van der Waals surface area contributed by atoms with Crippen molar-refractivity contribution in [2.75, 3.05) is 11.9 Å². The molecule has 0 aliphatic carbocycles. The maximum absolute atomic E-state index is 11.7. The normalized spacial score (nSPS) is 10.4. The van der Waals surface area contributed by atoms with Crippen LogP contribution in [0.15, 0.2) is 24.3 Å². The molecule has 0 radical (unpaired) electrons. The molecule has 6 heteroatoms. The van der Waals surface area contributed by atoms with Crippen LogP contribution in [0, 0.1) is 0 Å². The molecular weight excluding hydrogens is 270 g/mol. The van der Waals surface area contributed by atoms with Crippen molar-refractivity contribution in [3.05, 3.63) is 24.3 Å². The van der Waals surface area contributed by atoms with Gasteiger partial charge in [-0.15, -0.1) is 0 Å². The first-order chi connectivity index (χ1) is 9.86. The number of carbonyl (C=O) groups is 2. The van der Waals surface area contributed by atoms with Crippen molar-refractivity contribution in [2.24, 2.45) is 0 Å². The van der Waals surface area contributed by atoms with Gasteiger partial charge in [-0.2, -0.15) is 0 Å². The fourth-order valence-corrected chi connectivity index (χ4v) is 1.57. The van der Waals surface area contributed by atoms with Gasteiger partial charge in [0, 0.05) is 11.7 Å². The van der Waals surface area contributed by atoms with E-state index in [0.29, 0.717) is 5.69 Å². The standard InChI is InChI=1S/C15H23N3O3/c1-10(2)17-15(20)16-9-14(19)18-12-5-7-13(8-6-12)21-11(3)4/h5-8,10-11H,9H2,1-4H3,(H,18,19)(H2,16,17,20). The van der Waals surface area contributed by atoms with E-state index in [0.717, 1.165) is 5.75 Å². The summed E-state index contributed by atoms with van der Waals surface area (Å²) < 4.78 is 5.51. The molecule has 1 rings (SSSR count). The number of hydrogen-bond acceptors (Lipinski definition) is 3. The van der Waals surface area contributed by atoms with Crippen molar-refractivity contribution in [1.82, 2.24) is 10.6 Å². The molecule has 0 saturated carbocycles. The fraction of sp³-hybridized carbons (Fsp3) is 0.467. The molecule has 0 unspecified atom stereocenters. The molecule has 3 N–H and O–H groups in total. The van der Waals surface area contributed by atoms with Crippen molar-refractivity contribution in [3.63, 3.8) is 0 Å². The summed E-state index contributed by atoms with van der Waals surface area (Å²) in [5, 5.41) is 7.82. The Kier molecular flexibility index (Phi) is 6.52. The first kappa shape index (κ1) is 16.8. The number of amides is 3. The van der Waals surface area contributed by atoms with E-state index in [9.17, 15) is 9.59 Å². The van der Waals surface area contributed by atoms with Gasteiger partial charge in [0.15, 0.2) is 0 Å². The lowest BCUT2D eigenvalue weighted by Crippen LogP contribution is -2.42. The minimum atomic E-state index is -0.360.